The number of hydrogen-bond acceptors (Lipinski definition) is 2. The summed E-state index contributed by atoms with van der Waals surface area (Å²) in [5, 5.41) is 10.2. The molecule has 0 aromatic heterocycles. The number of rotatable bonds is 3. The Labute approximate surface area is 117 Å². The number of hydrogen-bond donors (Lipinski definition) is 1. The van der Waals surface area contributed by atoms with Crippen molar-refractivity contribution in [2.24, 2.45) is 0 Å². The van der Waals surface area contributed by atoms with Crippen LogP contribution in [-0.2, 0) is 0 Å². The standard InChI is InChI=1S/C17H27NO/c1-4-15-8-6-5-7-11-18(15)14(3)16-10-9-13(2)12-17(16)19/h9-10,12,14-15,19H,4-8,11H2,1-3H3. The molecule has 1 N–H and O–H groups in total. The van der Waals surface area contributed by atoms with E-state index >= 15 is 0 Å². The summed E-state index contributed by atoms with van der Waals surface area (Å²) in [5.41, 5.74) is 2.20. The van der Waals surface area contributed by atoms with E-state index in [1.54, 1.807) is 0 Å². The minimum Gasteiger partial charge on any atom is -0.508 e. The van der Waals surface area contributed by atoms with Gasteiger partial charge in [0.25, 0.3) is 0 Å². The Morgan fingerprint density at radius 3 is 2.79 bits per heavy atom. The molecule has 1 saturated heterocycles. The molecule has 19 heavy (non-hydrogen) atoms. The molecule has 0 spiro atoms. The van der Waals surface area contributed by atoms with E-state index in [2.05, 4.69) is 30.9 Å². The Kier molecular flexibility index (Phi) is 4.87. The van der Waals surface area contributed by atoms with Gasteiger partial charge in [-0.15, -0.1) is 0 Å². The van der Waals surface area contributed by atoms with E-state index in [1.807, 2.05) is 13.0 Å². The highest BCUT2D eigenvalue weighted by atomic mass is 16.3. The molecule has 2 nitrogen and oxygen atoms in total. The van der Waals surface area contributed by atoms with Crippen LogP contribution in [0.15, 0.2) is 18.2 Å². The molecule has 1 aliphatic rings. The van der Waals surface area contributed by atoms with Gasteiger partial charge in [-0.05, 0) is 51.3 Å². The van der Waals surface area contributed by atoms with E-state index in [9.17, 15) is 5.11 Å². The van der Waals surface area contributed by atoms with Crippen LogP contribution in [0.1, 0.15) is 63.1 Å². The highest BCUT2D eigenvalue weighted by molar-refractivity contribution is 5.38. The van der Waals surface area contributed by atoms with Crippen LogP contribution < -0.4 is 0 Å². The van der Waals surface area contributed by atoms with Gasteiger partial charge in [0, 0.05) is 17.6 Å². The smallest absolute Gasteiger partial charge is 0.120 e. The molecule has 2 atom stereocenters. The summed E-state index contributed by atoms with van der Waals surface area (Å²) in [4.78, 5) is 2.59. The molecular formula is C17H27NO. The van der Waals surface area contributed by atoms with Gasteiger partial charge in [0.1, 0.15) is 5.75 Å². The number of benzene rings is 1. The first kappa shape index (κ1) is 14.4. The topological polar surface area (TPSA) is 23.5 Å². The van der Waals surface area contributed by atoms with Crippen molar-refractivity contribution < 1.29 is 5.11 Å². The average Bonchev–Trinajstić information content (AvgIpc) is 2.63. The maximum Gasteiger partial charge on any atom is 0.120 e. The Morgan fingerprint density at radius 1 is 1.32 bits per heavy atom. The van der Waals surface area contributed by atoms with Crippen molar-refractivity contribution in [2.45, 2.75) is 65.0 Å². The third-order valence-electron chi connectivity index (χ3n) is 4.53. The first-order valence-electron chi connectivity index (χ1n) is 7.68. The first-order chi connectivity index (χ1) is 9.13. The van der Waals surface area contributed by atoms with Gasteiger partial charge in [0.2, 0.25) is 0 Å². The van der Waals surface area contributed by atoms with Gasteiger partial charge in [-0.2, -0.15) is 0 Å². The van der Waals surface area contributed by atoms with Crippen LogP contribution in [0.25, 0.3) is 0 Å². The van der Waals surface area contributed by atoms with Crippen LogP contribution in [0, 0.1) is 6.92 Å². The molecule has 1 aromatic carbocycles. The SMILES string of the molecule is CCC1CCCCCN1C(C)c1ccc(C)cc1O. The molecule has 2 unspecified atom stereocenters. The lowest BCUT2D eigenvalue weighted by atomic mass is 10.00. The fraction of sp³-hybridized carbons (Fsp3) is 0.647. The van der Waals surface area contributed by atoms with Gasteiger partial charge in [-0.1, -0.05) is 31.9 Å². The Balaban J connectivity index is 2.22. The van der Waals surface area contributed by atoms with E-state index in [1.165, 1.54) is 32.1 Å². The number of likely N-dealkylation sites (tertiary alicyclic amines) is 1. The van der Waals surface area contributed by atoms with Crippen molar-refractivity contribution >= 4 is 0 Å². The Bertz CT molecular complexity index is 416. The number of aromatic hydroxyl groups is 1. The molecule has 0 bridgehead atoms. The van der Waals surface area contributed by atoms with Gasteiger partial charge in [-0.25, -0.2) is 0 Å². The van der Waals surface area contributed by atoms with Gasteiger partial charge in [0.05, 0.1) is 0 Å². The van der Waals surface area contributed by atoms with Crippen LogP contribution in [0.4, 0.5) is 0 Å². The molecule has 2 heteroatoms. The summed E-state index contributed by atoms with van der Waals surface area (Å²) in [6.45, 7) is 7.70. The molecule has 1 fully saturated rings. The van der Waals surface area contributed by atoms with Crippen molar-refractivity contribution in [2.75, 3.05) is 6.54 Å². The predicted octanol–water partition coefficient (Wildman–Crippen LogP) is 4.42. The fourth-order valence-electron chi connectivity index (χ4n) is 3.33. The normalized spacial score (nSPS) is 23.0. The quantitative estimate of drug-likeness (QED) is 0.871. The second-order valence-electron chi connectivity index (χ2n) is 5.89. The molecule has 2 rings (SSSR count). The zero-order chi connectivity index (χ0) is 13.8. The van der Waals surface area contributed by atoms with Crippen LogP contribution in [0.2, 0.25) is 0 Å². The molecule has 0 amide bonds. The molecular weight excluding hydrogens is 234 g/mol. The lowest BCUT2D eigenvalue weighted by molar-refractivity contribution is 0.140. The number of phenolic OH excluding ortho intramolecular Hbond substituents is 1. The molecule has 0 saturated carbocycles. The lowest BCUT2D eigenvalue weighted by Crippen LogP contribution is -2.36. The number of aryl methyl sites for hydroxylation is 1. The highest BCUT2D eigenvalue weighted by Crippen LogP contribution is 2.33. The maximum absolute atomic E-state index is 10.2. The minimum absolute atomic E-state index is 0.309. The van der Waals surface area contributed by atoms with Crippen LogP contribution in [0.5, 0.6) is 5.75 Å². The largest absolute Gasteiger partial charge is 0.508 e. The van der Waals surface area contributed by atoms with Crippen LogP contribution >= 0.6 is 0 Å². The average molecular weight is 261 g/mol. The predicted molar refractivity (Wildman–Crippen MR) is 80.5 cm³/mol. The van der Waals surface area contributed by atoms with Gasteiger partial charge >= 0.3 is 0 Å². The van der Waals surface area contributed by atoms with E-state index in [0.29, 0.717) is 17.8 Å². The second kappa shape index (κ2) is 6.42. The van der Waals surface area contributed by atoms with Gasteiger partial charge < -0.3 is 5.11 Å². The minimum atomic E-state index is 0.309. The number of nitrogens with zero attached hydrogens (tertiary/aromatic N) is 1. The van der Waals surface area contributed by atoms with Crippen molar-refractivity contribution in [1.29, 1.82) is 0 Å². The monoisotopic (exact) mass is 261 g/mol. The van der Waals surface area contributed by atoms with Crippen molar-refractivity contribution in [1.82, 2.24) is 4.90 Å². The lowest BCUT2D eigenvalue weighted by Gasteiger charge is -2.35. The third kappa shape index (κ3) is 3.30. The third-order valence-corrected chi connectivity index (χ3v) is 4.53. The second-order valence-corrected chi connectivity index (χ2v) is 5.89. The molecule has 106 valence electrons. The molecule has 0 aliphatic carbocycles. The summed E-state index contributed by atoms with van der Waals surface area (Å²) >= 11 is 0. The van der Waals surface area contributed by atoms with Crippen LogP contribution in [-0.4, -0.2) is 22.6 Å². The van der Waals surface area contributed by atoms with Gasteiger partial charge in [-0.3, -0.25) is 4.90 Å². The van der Waals surface area contributed by atoms with Gasteiger partial charge in [0.15, 0.2) is 0 Å². The molecule has 1 aromatic rings. The zero-order valence-corrected chi connectivity index (χ0v) is 12.5. The van der Waals surface area contributed by atoms with E-state index < -0.39 is 0 Å². The summed E-state index contributed by atoms with van der Waals surface area (Å²) < 4.78 is 0. The fourth-order valence-corrected chi connectivity index (χ4v) is 3.33. The van der Waals surface area contributed by atoms with Crippen molar-refractivity contribution in [3.63, 3.8) is 0 Å². The highest BCUT2D eigenvalue weighted by Gasteiger charge is 2.26. The molecule has 1 aliphatic heterocycles. The van der Waals surface area contributed by atoms with Crippen LogP contribution in [0.3, 0.4) is 0 Å². The summed E-state index contributed by atoms with van der Waals surface area (Å²) in [6.07, 6.45) is 6.49. The van der Waals surface area contributed by atoms with E-state index in [0.717, 1.165) is 17.7 Å². The molecule has 1 heterocycles. The van der Waals surface area contributed by atoms with Crippen molar-refractivity contribution in [3.05, 3.63) is 29.3 Å². The summed E-state index contributed by atoms with van der Waals surface area (Å²) in [7, 11) is 0. The summed E-state index contributed by atoms with van der Waals surface area (Å²) in [6, 6.07) is 7.05. The maximum atomic E-state index is 10.2. The number of phenols is 1. The Morgan fingerprint density at radius 2 is 2.11 bits per heavy atom. The van der Waals surface area contributed by atoms with E-state index in [4.69, 9.17) is 0 Å². The van der Waals surface area contributed by atoms with Crippen molar-refractivity contribution in [3.8, 4) is 5.75 Å². The van der Waals surface area contributed by atoms with E-state index in [-0.39, 0.29) is 0 Å². The summed E-state index contributed by atoms with van der Waals surface area (Å²) in [5.74, 6) is 0.451. The first-order valence-corrected chi connectivity index (χ1v) is 7.68. The zero-order valence-electron chi connectivity index (χ0n) is 12.5. The molecule has 0 radical (unpaired) electrons. The Hall–Kier alpha value is -1.02.